The largest absolute Gasteiger partial charge is 0.487 e. The fraction of sp³-hybridized carbons (Fsp3) is 0.300. The zero-order valence-electron chi connectivity index (χ0n) is 14.1. The van der Waals surface area contributed by atoms with Crippen LogP contribution in [0.2, 0.25) is 0 Å². The topological polar surface area (TPSA) is 59.1 Å². The molecule has 3 heterocycles. The summed E-state index contributed by atoms with van der Waals surface area (Å²) in [7, 11) is 0. The molecule has 0 aliphatic carbocycles. The van der Waals surface area contributed by atoms with E-state index in [1.54, 1.807) is 0 Å². The zero-order chi connectivity index (χ0) is 16.9. The summed E-state index contributed by atoms with van der Waals surface area (Å²) in [5, 5.41) is 7.98. The Balaban J connectivity index is 1.39. The van der Waals surface area contributed by atoms with Gasteiger partial charge in [0.25, 0.3) is 0 Å². The Hall–Kier alpha value is -2.50. The van der Waals surface area contributed by atoms with E-state index in [1.807, 2.05) is 42.9 Å². The van der Waals surface area contributed by atoms with Crippen molar-refractivity contribution in [2.75, 3.05) is 13.1 Å². The van der Waals surface area contributed by atoms with Gasteiger partial charge in [0.1, 0.15) is 11.9 Å². The van der Waals surface area contributed by atoms with Crippen molar-refractivity contribution >= 4 is 10.9 Å². The summed E-state index contributed by atoms with van der Waals surface area (Å²) in [6, 6.07) is 12.4. The van der Waals surface area contributed by atoms with Gasteiger partial charge < -0.3 is 15.4 Å². The van der Waals surface area contributed by atoms with Gasteiger partial charge in [0.2, 0.25) is 0 Å². The molecule has 3 aromatic rings. The molecule has 0 saturated carbocycles. The first-order chi connectivity index (χ1) is 12.4. The van der Waals surface area contributed by atoms with Crippen molar-refractivity contribution < 1.29 is 4.74 Å². The second-order valence-electron chi connectivity index (χ2n) is 6.36. The van der Waals surface area contributed by atoms with Crippen molar-refractivity contribution in [1.82, 2.24) is 20.6 Å². The molecule has 0 amide bonds. The predicted octanol–water partition coefficient (Wildman–Crippen LogP) is 2.66. The molecule has 5 heteroatoms. The number of nitrogens with one attached hydrogen (secondary N) is 2. The van der Waals surface area contributed by atoms with Gasteiger partial charge in [-0.25, -0.2) is 0 Å². The highest BCUT2D eigenvalue weighted by atomic mass is 16.5. The van der Waals surface area contributed by atoms with Crippen LogP contribution in [0.25, 0.3) is 10.9 Å². The average Bonchev–Trinajstić information content (AvgIpc) is 3.16. The normalized spacial score (nSPS) is 17.0. The minimum Gasteiger partial charge on any atom is -0.487 e. The van der Waals surface area contributed by atoms with Crippen molar-refractivity contribution in [3.63, 3.8) is 0 Å². The molecule has 1 aliphatic heterocycles. The van der Waals surface area contributed by atoms with Gasteiger partial charge >= 0.3 is 0 Å². The third kappa shape index (κ3) is 3.95. The zero-order valence-corrected chi connectivity index (χ0v) is 14.1. The first kappa shape index (κ1) is 16.0. The van der Waals surface area contributed by atoms with Crippen molar-refractivity contribution in [2.24, 2.45) is 0 Å². The molecule has 2 N–H and O–H groups in total. The monoisotopic (exact) mass is 334 g/mol. The highest BCUT2D eigenvalue weighted by Gasteiger charge is 2.17. The number of hydrogen-bond acceptors (Lipinski definition) is 5. The number of aromatic nitrogens is 2. The summed E-state index contributed by atoms with van der Waals surface area (Å²) < 4.78 is 6.09. The number of nitrogens with zero attached hydrogens (tertiary/aromatic N) is 2. The molecular formula is C20H22N4O. The van der Waals surface area contributed by atoms with Crippen LogP contribution >= 0.6 is 0 Å². The molecular weight excluding hydrogens is 312 g/mol. The minimum absolute atomic E-state index is 0.243. The van der Waals surface area contributed by atoms with E-state index in [1.165, 1.54) is 10.9 Å². The standard InChI is InChI=1S/C20H22N4O/c1-2-4-19-16(3-1)9-15(11-24-19)10-23-12-17-5-7-22-14-20(17)25-18-6-8-21-13-18/h1-5,7,9,11,14,18,21,23H,6,8,10,12-13H2/t18-/m0/s1. The maximum Gasteiger partial charge on any atom is 0.142 e. The van der Waals surface area contributed by atoms with Gasteiger partial charge in [0.05, 0.1) is 11.7 Å². The first-order valence-corrected chi connectivity index (χ1v) is 8.73. The number of para-hydroxylation sites is 1. The lowest BCUT2D eigenvalue weighted by Gasteiger charge is -2.16. The molecule has 2 aromatic heterocycles. The van der Waals surface area contributed by atoms with Crippen LogP contribution in [-0.4, -0.2) is 29.2 Å². The summed E-state index contributed by atoms with van der Waals surface area (Å²) in [4.78, 5) is 8.72. The van der Waals surface area contributed by atoms with Crippen LogP contribution in [-0.2, 0) is 13.1 Å². The average molecular weight is 334 g/mol. The number of ether oxygens (including phenoxy) is 1. The van der Waals surface area contributed by atoms with Crippen LogP contribution in [0.1, 0.15) is 17.5 Å². The molecule has 1 saturated heterocycles. The maximum atomic E-state index is 6.09. The molecule has 25 heavy (non-hydrogen) atoms. The minimum atomic E-state index is 0.243. The molecule has 4 rings (SSSR count). The van der Waals surface area contributed by atoms with Gasteiger partial charge in [-0.1, -0.05) is 18.2 Å². The third-order valence-electron chi connectivity index (χ3n) is 4.47. The molecule has 0 spiro atoms. The van der Waals surface area contributed by atoms with Crippen molar-refractivity contribution in [1.29, 1.82) is 0 Å². The van der Waals surface area contributed by atoms with Crippen LogP contribution < -0.4 is 15.4 Å². The molecule has 5 nitrogen and oxygen atoms in total. The molecule has 0 unspecified atom stereocenters. The second-order valence-corrected chi connectivity index (χ2v) is 6.36. The van der Waals surface area contributed by atoms with Crippen LogP contribution in [0.3, 0.4) is 0 Å². The Labute approximate surface area is 147 Å². The summed E-state index contributed by atoms with van der Waals surface area (Å²) in [6.07, 6.45) is 6.85. The Bertz CT molecular complexity index is 846. The molecule has 1 fully saturated rings. The summed E-state index contributed by atoms with van der Waals surface area (Å²) in [6.45, 7) is 3.44. The Morgan fingerprint density at radius 2 is 2.12 bits per heavy atom. The van der Waals surface area contributed by atoms with Crippen LogP contribution in [0.15, 0.2) is 55.0 Å². The predicted molar refractivity (Wildman–Crippen MR) is 98.4 cm³/mol. The number of fused-ring (bicyclic) bond motifs is 1. The van der Waals surface area contributed by atoms with Crippen LogP contribution in [0, 0.1) is 0 Å². The molecule has 128 valence electrons. The van der Waals surface area contributed by atoms with Gasteiger partial charge in [-0.3, -0.25) is 9.97 Å². The number of pyridine rings is 2. The number of rotatable bonds is 6. The van der Waals surface area contributed by atoms with Gasteiger partial charge in [0, 0.05) is 43.0 Å². The SMILES string of the molecule is c1ccc2ncc(CNCc3ccncc3O[C@H]3CCNC3)cc2c1. The number of hydrogen-bond donors (Lipinski definition) is 2. The van der Waals surface area contributed by atoms with E-state index in [0.29, 0.717) is 0 Å². The summed E-state index contributed by atoms with van der Waals surface area (Å²) >= 11 is 0. The van der Waals surface area contributed by atoms with E-state index >= 15 is 0 Å². The smallest absolute Gasteiger partial charge is 0.142 e. The Kier molecular flexibility index (Phi) is 4.86. The molecule has 1 aromatic carbocycles. The van der Waals surface area contributed by atoms with Crippen molar-refractivity contribution in [3.8, 4) is 5.75 Å². The van der Waals surface area contributed by atoms with E-state index in [2.05, 4.69) is 32.7 Å². The van der Waals surface area contributed by atoms with Gasteiger partial charge in [0.15, 0.2) is 0 Å². The van der Waals surface area contributed by atoms with Crippen molar-refractivity contribution in [2.45, 2.75) is 25.6 Å². The third-order valence-corrected chi connectivity index (χ3v) is 4.47. The Morgan fingerprint density at radius 1 is 1.16 bits per heavy atom. The molecule has 1 aliphatic rings. The van der Waals surface area contributed by atoms with E-state index in [9.17, 15) is 0 Å². The summed E-state index contributed by atoms with van der Waals surface area (Å²) in [5.41, 5.74) is 3.34. The van der Waals surface area contributed by atoms with Gasteiger partial charge in [-0.15, -0.1) is 0 Å². The number of benzene rings is 1. The maximum absolute atomic E-state index is 6.09. The van der Waals surface area contributed by atoms with Gasteiger partial charge in [-0.2, -0.15) is 0 Å². The highest BCUT2D eigenvalue weighted by molar-refractivity contribution is 5.78. The van der Waals surface area contributed by atoms with E-state index in [-0.39, 0.29) is 6.10 Å². The molecule has 1 atom stereocenters. The van der Waals surface area contributed by atoms with E-state index in [4.69, 9.17) is 4.74 Å². The lowest BCUT2D eigenvalue weighted by Crippen LogP contribution is -2.21. The van der Waals surface area contributed by atoms with Crippen molar-refractivity contribution in [3.05, 3.63) is 66.1 Å². The Morgan fingerprint density at radius 3 is 3.04 bits per heavy atom. The van der Waals surface area contributed by atoms with E-state index < -0.39 is 0 Å². The molecule has 0 bridgehead atoms. The fourth-order valence-corrected chi connectivity index (χ4v) is 3.12. The van der Waals surface area contributed by atoms with E-state index in [0.717, 1.165) is 49.4 Å². The quantitative estimate of drug-likeness (QED) is 0.726. The lowest BCUT2D eigenvalue weighted by molar-refractivity contribution is 0.219. The highest BCUT2D eigenvalue weighted by Crippen LogP contribution is 2.20. The fourth-order valence-electron chi connectivity index (χ4n) is 3.12. The second kappa shape index (κ2) is 7.59. The molecule has 0 radical (unpaired) electrons. The first-order valence-electron chi connectivity index (χ1n) is 8.73. The van der Waals surface area contributed by atoms with Gasteiger partial charge in [-0.05, 0) is 36.7 Å². The van der Waals surface area contributed by atoms with Crippen LogP contribution in [0.5, 0.6) is 5.75 Å². The van der Waals surface area contributed by atoms with Crippen LogP contribution in [0.4, 0.5) is 0 Å². The lowest BCUT2D eigenvalue weighted by atomic mass is 10.1. The summed E-state index contributed by atoms with van der Waals surface area (Å²) in [5.74, 6) is 0.875.